The third kappa shape index (κ3) is 3.05. The smallest absolute Gasteiger partial charge is 0.339 e. The summed E-state index contributed by atoms with van der Waals surface area (Å²) in [5, 5.41) is 1.08. The first-order chi connectivity index (χ1) is 11.1. The molecular weight excluding hydrogens is 358 g/mol. The number of hydrogen-bond acceptors (Lipinski definition) is 3. The summed E-state index contributed by atoms with van der Waals surface area (Å²) in [5.74, 6) is -0.463. The van der Waals surface area contributed by atoms with Gasteiger partial charge >= 0.3 is 5.97 Å². The first-order valence-corrected chi connectivity index (χ1v) is 7.84. The molecule has 0 fully saturated rings. The Balaban J connectivity index is 2.23. The van der Waals surface area contributed by atoms with Crippen molar-refractivity contribution in [3.05, 3.63) is 80.7 Å². The van der Waals surface area contributed by atoms with Crippen molar-refractivity contribution in [3.63, 3.8) is 0 Å². The van der Waals surface area contributed by atoms with Crippen molar-refractivity contribution in [2.45, 2.75) is 6.54 Å². The minimum Gasteiger partial charge on any atom is -0.465 e. The lowest BCUT2D eigenvalue weighted by Gasteiger charge is -2.11. The van der Waals surface area contributed by atoms with E-state index in [4.69, 9.17) is 4.74 Å². The highest BCUT2D eigenvalue weighted by Crippen LogP contribution is 2.22. The number of nitrogens with zero attached hydrogens (tertiary/aromatic N) is 1. The van der Waals surface area contributed by atoms with Gasteiger partial charge in [-0.15, -0.1) is 0 Å². The van der Waals surface area contributed by atoms with Gasteiger partial charge in [-0.25, -0.2) is 4.79 Å². The van der Waals surface area contributed by atoms with Gasteiger partial charge in [-0.3, -0.25) is 4.79 Å². The molecule has 0 N–H and O–H groups in total. The first-order valence-electron chi connectivity index (χ1n) is 7.05. The van der Waals surface area contributed by atoms with Crippen LogP contribution in [-0.2, 0) is 11.3 Å². The number of benzene rings is 2. The average Bonchev–Trinajstić information content (AvgIpc) is 2.57. The molecule has 1 heterocycles. The Morgan fingerprint density at radius 2 is 1.87 bits per heavy atom. The zero-order valence-corrected chi connectivity index (χ0v) is 14.0. The van der Waals surface area contributed by atoms with Gasteiger partial charge in [-0.1, -0.05) is 46.3 Å². The number of ether oxygens (including phenoxy) is 1. The number of halogens is 1. The lowest BCUT2D eigenvalue weighted by Crippen LogP contribution is -2.23. The van der Waals surface area contributed by atoms with Gasteiger partial charge in [-0.2, -0.15) is 0 Å². The van der Waals surface area contributed by atoms with Crippen LogP contribution < -0.4 is 5.56 Å². The molecule has 3 aromatic rings. The van der Waals surface area contributed by atoms with Crippen LogP contribution in [0.4, 0.5) is 0 Å². The number of pyridine rings is 1. The summed E-state index contributed by atoms with van der Waals surface area (Å²) < 4.78 is 7.20. The van der Waals surface area contributed by atoms with Crippen LogP contribution in [0.25, 0.3) is 10.8 Å². The Hall–Kier alpha value is -2.40. The predicted octanol–water partition coefficient (Wildman–Crippen LogP) is 3.60. The van der Waals surface area contributed by atoms with Gasteiger partial charge in [0, 0.05) is 21.4 Å². The van der Waals surface area contributed by atoms with E-state index in [9.17, 15) is 9.59 Å². The molecule has 0 unspecified atom stereocenters. The van der Waals surface area contributed by atoms with Crippen LogP contribution in [-0.4, -0.2) is 17.6 Å². The van der Waals surface area contributed by atoms with E-state index >= 15 is 0 Å². The number of rotatable bonds is 3. The maximum Gasteiger partial charge on any atom is 0.339 e. The zero-order valence-electron chi connectivity index (χ0n) is 12.5. The quantitative estimate of drug-likeness (QED) is 0.660. The standard InChI is InChI=1S/C18H14BrNO3/c1-23-18(22)16-11-20(10-12-5-3-2-4-6-12)17(21)14-8-7-13(19)9-15(14)16/h2-9,11H,10H2,1H3. The van der Waals surface area contributed by atoms with Gasteiger partial charge < -0.3 is 9.30 Å². The van der Waals surface area contributed by atoms with Crippen LogP contribution in [0, 0.1) is 0 Å². The van der Waals surface area contributed by atoms with Crippen LogP contribution in [0.2, 0.25) is 0 Å². The van der Waals surface area contributed by atoms with Crippen LogP contribution >= 0.6 is 15.9 Å². The van der Waals surface area contributed by atoms with Crippen LogP contribution in [0.3, 0.4) is 0 Å². The van der Waals surface area contributed by atoms with Gasteiger partial charge in [0.2, 0.25) is 0 Å². The van der Waals surface area contributed by atoms with Crippen molar-refractivity contribution < 1.29 is 9.53 Å². The number of esters is 1. The molecule has 0 saturated heterocycles. The highest BCUT2D eigenvalue weighted by Gasteiger charge is 2.15. The molecular formula is C18H14BrNO3. The first kappa shape index (κ1) is 15.5. The average molecular weight is 372 g/mol. The maximum atomic E-state index is 12.7. The topological polar surface area (TPSA) is 48.3 Å². The zero-order chi connectivity index (χ0) is 16.4. The Morgan fingerprint density at radius 1 is 1.13 bits per heavy atom. The molecule has 0 saturated carbocycles. The molecule has 5 heteroatoms. The molecule has 1 aromatic heterocycles. The molecule has 0 aliphatic rings. The number of methoxy groups -OCH3 is 1. The predicted molar refractivity (Wildman–Crippen MR) is 92.8 cm³/mol. The molecule has 0 atom stereocenters. The molecule has 0 radical (unpaired) electrons. The normalized spacial score (nSPS) is 10.7. The molecule has 0 aliphatic heterocycles. The fourth-order valence-electron chi connectivity index (χ4n) is 2.53. The number of hydrogen-bond donors (Lipinski definition) is 0. The lowest BCUT2D eigenvalue weighted by molar-refractivity contribution is 0.0602. The minimum absolute atomic E-state index is 0.135. The van der Waals surface area contributed by atoms with Crippen LogP contribution in [0.1, 0.15) is 15.9 Å². The van der Waals surface area contributed by atoms with Crippen molar-refractivity contribution in [1.82, 2.24) is 4.57 Å². The number of fused-ring (bicyclic) bond motifs is 1. The van der Waals surface area contributed by atoms with Crippen molar-refractivity contribution in [3.8, 4) is 0 Å². The van der Waals surface area contributed by atoms with Crippen molar-refractivity contribution in [2.24, 2.45) is 0 Å². The van der Waals surface area contributed by atoms with Crippen LogP contribution in [0.5, 0.6) is 0 Å². The third-order valence-electron chi connectivity index (χ3n) is 3.65. The Kier molecular flexibility index (Phi) is 4.30. The molecule has 0 spiro atoms. The van der Waals surface area contributed by atoms with E-state index in [1.54, 1.807) is 24.4 Å². The highest BCUT2D eigenvalue weighted by molar-refractivity contribution is 9.10. The van der Waals surface area contributed by atoms with Crippen molar-refractivity contribution in [1.29, 1.82) is 0 Å². The summed E-state index contributed by atoms with van der Waals surface area (Å²) in [6, 6.07) is 14.9. The second-order valence-corrected chi connectivity index (χ2v) is 6.06. The molecule has 116 valence electrons. The van der Waals surface area contributed by atoms with Crippen molar-refractivity contribution in [2.75, 3.05) is 7.11 Å². The molecule has 3 rings (SSSR count). The second-order valence-electron chi connectivity index (χ2n) is 5.14. The number of carbonyl (C=O) groups is 1. The molecule has 0 amide bonds. The van der Waals surface area contributed by atoms with Gasteiger partial charge in [0.25, 0.3) is 5.56 Å². The largest absolute Gasteiger partial charge is 0.465 e. The van der Waals surface area contributed by atoms with E-state index in [2.05, 4.69) is 15.9 Å². The minimum atomic E-state index is -0.463. The van der Waals surface area contributed by atoms with Gasteiger partial charge in [-0.05, 0) is 23.8 Å². The lowest BCUT2D eigenvalue weighted by atomic mass is 10.1. The SMILES string of the molecule is COC(=O)c1cn(Cc2ccccc2)c(=O)c2ccc(Br)cc12. The van der Waals surface area contributed by atoms with Gasteiger partial charge in [0.05, 0.1) is 19.2 Å². The number of carbonyl (C=O) groups excluding carboxylic acids is 1. The van der Waals surface area contributed by atoms with Gasteiger partial charge in [0.15, 0.2) is 0 Å². The molecule has 2 aromatic carbocycles. The molecule has 0 bridgehead atoms. The fraction of sp³-hybridized carbons (Fsp3) is 0.111. The number of aromatic nitrogens is 1. The Morgan fingerprint density at radius 3 is 2.57 bits per heavy atom. The fourth-order valence-corrected chi connectivity index (χ4v) is 2.90. The summed E-state index contributed by atoms with van der Waals surface area (Å²) >= 11 is 3.37. The molecule has 0 aliphatic carbocycles. The summed E-state index contributed by atoms with van der Waals surface area (Å²) in [7, 11) is 1.33. The van der Waals surface area contributed by atoms with E-state index in [1.807, 2.05) is 30.3 Å². The third-order valence-corrected chi connectivity index (χ3v) is 4.14. The van der Waals surface area contributed by atoms with E-state index in [-0.39, 0.29) is 5.56 Å². The maximum absolute atomic E-state index is 12.7. The van der Waals surface area contributed by atoms with E-state index in [0.717, 1.165) is 10.0 Å². The second kappa shape index (κ2) is 6.38. The van der Waals surface area contributed by atoms with E-state index < -0.39 is 5.97 Å². The summed E-state index contributed by atoms with van der Waals surface area (Å²) in [6.07, 6.45) is 1.57. The monoisotopic (exact) mass is 371 g/mol. The Labute approximate surface area is 141 Å². The molecule has 4 nitrogen and oxygen atoms in total. The summed E-state index contributed by atoms with van der Waals surface area (Å²) in [4.78, 5) is 24.8. The summed E-state index contributed by atoms with van der Waals surface area (Å²) in [5.41, 5.74) is 1.23. The highest BCUT2D eigenvalue weighted by atomic mass is 79.9. The van der Waals surface area contributed by atoms with E-state index in [1.165, 1.54) is 11.7 Å². The van der Waals surface area contributed by atoms with Crippen LogP contribution in [0.15, 0.2) is 64.0 Å². The van der Waals surface area contributed by atoms with Crippen molar-refractivity contribution >= 4 is 32.7 Å². The van der Waals surface area contributed by atoms with E-state index in [0.29, 0.717) is 22.9 Å². The Bertz CT molecular complexity index is 932. The summed E-state index contributed by atoms with van der Waals surface area (Å²) in [6.45, 7) is 0.398. The molecule has 23 heavy (non-hydrogen) atoms. The van der Waals surface area contributed by atoms with Gasteiger partial charge in [0.1, 0.15) is 0 Å².